The Kier molecular flexibility index (Phi) is 20.3. The summed E-state index contributed by atoms with van der Waals surface area (Å²) in [6.07, 6.45) is -1.64. The van der Waals surface area contributed by atoms with Gasteiger partial charge >= 0.3 is 6.09 Å². The van der Waals surface area contributed by atoms with Crippen LogP contribution in [-0.4, -0.2) is 141 Å². The van der Waals surface area contributed by atoms with Gasteiger partial charge in [-0.15, -0.1) is 0 Å². The number of hydrogen-bond donors (Lipinski definition) is 3. The van der Waals surface area contributed by atoms with E-state index in [9.17, 15) is 32.8 Å². The zero-order valence-corrected chi connectivity index (χ0v) is 38.7. The predicted molar refractivity (Wildman–Crippen MR) is 227 cm³/mol. The number of likely N-dealkylation sites (tertiary alicyclic amines) is 1. The number of carbonyl (C=O) groups is 5. The lowest BCUT2D eigenvalue weighted by Gasteiger charge is -2.41. The summed E-state index contributed by atoms with van der Waals surface area (Å²) in [7, 11) is 8.25. The van der Waals surface area contributed by atoms with Crippen molar-refractivity contribution in [3.05, 3.63) is 35.4 Å². The lowest BCUT2D eigenvalue weighted by Crippen LogP contribution is -2.59. The van der Waals surface area contributed by atoms with Gasteiger partial charge in [-0.05, 0) is 77.6 Å². The second kappa shape index (κ2) is 23.4. The summed E-state index contributed by atoms with van der Waals surface area (Å²) in [5.41, 5.74) is -0.910. The maximum atomic E-state index is 14.6. The molecule has 1 aromatic carbocycles. The Labute approximate surface area is 357 Å². The summed E-state index contributed by atoms with van der Waals surface area (Å²) in [6.45, 7) is 18.5. The molecule has 0 bridgehead atoms. The van der Waals surface area contributed by atoms with Crippen molar-refractivity contribution in [2.24, 2.45) is 23.7 Å². The van der Waals surface area contributed by atoms with Gasteiger partial charge in [0.25, 0.3) is 0 Å². The van der Waals surface area contributed by atoms with Crippen molar-refractivity contribution >= 4 is 29.7 Å². The molecule has 1 fully saturated rings. The smallest absolute Gasteiger partial charge is 0.407 e. The first-order chi connectivity index (χ1) is 27.9. The molecule has 1 saturated heterocycles. The predicted octanol–water partition coefficient (Wildman–Crippen LogP) is 4.77. The minimum atomic E-state index is -0.854. The van der Waals surface area contributed by atoms with Crippen molar-refractivity contribution in [3.63, 3.8) is 0 Å². The number of nitrogens with one attached hydrogen (secondary N) is 3. The maximum Gasteiger partial charge on any atom is 0.407 e. The molecule has 0 saturated carbocycles. The molecule has 1 aliphatic heterocycles. The first-order valence-electron chi connectivity index (χ1n) is 21.2. The Bertz CT molecular complexity index is 1560. The van der Waals surface area contributed by atoms with E-state index in [2.05, 4.69) is 16.0 Å². The fraction of sp³-hybridized carbons (Fsp3) is 0.750. The van der Waals surface area contributed by atoms with Crippen LogP contribution in [0.25, 0.3) is 0 Å². The number of rotatable bonds is 21. The summed E-state index contributed by atoms with van der Waals surface area (Å²) >= 11 is 0. The quantitative estimate of drug-likeness (QED) is 0.159. The summed E-state index contributed by atoms with van der Waals surface area (Å²) < 4.78 is 46.0. The highest BCUT2D eigenvalue weighted by atomic mass is 19.1. The molecule has 0 aliphatic carbocycles. The molecule has 3 N–H and O–H groups in total. The van der Waals surface area contributed by atoms with Gasteiger partial charge in [0.15, 0.2) is 0 Å². The Morgan fingerprint density at radius 1 is 0.917 bits per heavy atom. The molecule has 1 heterocycles. The van der Waals surface area contributed by atoms with Gasteiger partial charge in [0, 0.05) is 39.9 Å². The van der Waals surface area contributed by atoms with E-state index in [4.69, 9.17) is 14.2 Å². The fourth-order valence-electron chi connectivity index (χ4n) is 8.25. The van der Waals surface area contributed by atoms with Gasteiger partial charge in [0.2, 0.25) is 23.6 Å². The van der Waals surface area contributed by atoms with Gasteiger partial charge in [-0.1, -0.05) is 61.0 Å². The van der Waals surface area contributed by atoms with Crippen LogP contribution in [0.3, 0.4) is 0 Å². The van der Waals surface area contributed by atoms with E-state index in [-0.39, 0.29) is 73.4 Å². The zero-order valence-electron chi connectivity index (χ0n) is 38.7. The summed E-state index contributed by atoms with van der Waals surface area (Å²) in [4.78, 5) is 73.9. The Morgan fingerprint density at radius 3 is 2.00 bits per heavy atom. The molecule has 342 valence electrons. The third kappa shape index (κ3) is 14.4. The Balaban J connectivity index is 2.43. The molecule has 9 atom stereocenters. The van der Waals surface area contributed by atoms with E-state index < -0.39 is 77.6 Å². The van der Waals surface area contributed by atoms with Gasteiger partial charge in [-0.25, -0.2) is 13.6 Å². The highest BCUT2D eigenvalue weighted by Crippen LogP contribution is 2.30. The molecule has 2 rings (SSSR count). The van der Waals surface area contributed by atoms with Gasteiger partial charge in [0.05, 0.1) is 48.7 Å². The number of amides is 5. The number of likely N-dealkylation sites (N-methyl/N-ethyl adjacent to an activating group) is 2. The molecular formula is C44H74F2N6O8. The lowest BCUT2D eigenvalue weighted by atomic mass is 9.89. The van der Waals surface area contributed by atoms with Crippen LogP contribution in [0.5, 0.6) is 0 Å². The third-order valence-corrected chi connectivity index (χ3v) is 11.4. The molecule has 1 aromatic rings. The lowest BCUT2D eigenvalue weighted by molar-refractivity contribution is -0.148. The van der Waals surface area contributed by atoms with Crippen LogP contribution < -0.4 is 16.0 Å². The minimum absolute atomic E-state index is 0.00247. The van der Waals surface area contributed by atoms with Gasteiger partial charge < -0.3 is 40.0 Å². The largest absolute Gasteiger partial charge is 0.444 e. The first kappa shape index (κ1) is 52.2. The SMILES string of the molecule is CC[C@H](C)[C@@H]([C@@H](CC(=O)N1C[C@@H](NC(=O)OC(C)(C)C)C[C@H]1[C@H](OC)[C@@H](C)C(=O)NCCc1c(F)cccc1F)OC)N(C)C(=O)[C@@H](NC(=O)[C@H](C(C)C)N(C)C)C(C)C. The third-order valence-electron chi connectivity index (χ3n) is 11.4. The molecule has 5 amide bonds. The highest BCUT2D eigenvalue weighted by Gasteiger charge is 2.46. The molecule has 0 unspecified atom stereocenters. The van der Waals surface area contributed by atoms with E-state index in [1.807, 2.05) is 60.5 Å². The van der Waals surface area contributed by atoms with Gasteiger partial charge in [-0.2, -0.15) is 0 Å². The number of carbonyl (C=O) groups excluding carboxylic acids is 5. The van der Waals surface area contributed by atoms with E-state index in [0.717, 1.165) is 12.1 Å². The van der Waals surface area contributed by atoms with Crippen LogP contribution in [0, 0.1) is 35.3 Å². The monoisotopic (exact) mass is 853 g/mol. The minimum Gasteiger partial charge on any atom is -0.444 e. The normalized spacial score (nSPS) is 19.3. The molecule has 0 spiro atoms. The molecule has 16 heteroatoms. The van der Waals surface area contributed by atoms with E-state index in [0.29, 0.717) is 6.42 Å². The van der Waals surface area contributed by atoms with Gasteiger partial charge in [-0.3, -0.25) is 24.1 Å². The molecule has 0 aromatic heterocycles. The molecule has 1 aliphatic rings. The van der Waals surface area contributed by atoms with Crippen LogP contribution in [0.4, 0.5) is 13.6 Å². The summed E-state index contributed by atoms with van der Waals surface area (Å²) in [5.74, 6) is -3.98. The second-order valence-corrected chi connectivity index (χ2v) is 18.1. The molecule has 60 heavy (non-hydrogen) atoms. The average Bonchev–Trinajstić information content (AvgIpc) is 3.55. The van der Waals surface area contributed by atoms with E-state index in [1.165, 1.54) is 20.3 Å². The number of methoxy groups -OCH3 is 2. The first-order valence-corrected chi connectivity index (χ1v) is 21.2. The number of nitrogens with zero attached hydrogens (tertiary/aromatic N) is 3. The molecular weight excluding hydrogens is 779 g/mol. The van der Waals surface area contributed by atoms with Crippen molar-refractivity contribution in [2.45, 2.75) is 143 Å². The number of hydrogen-bond acceptors (Lipinski definition) is 9. The Hall–Kier alpha value is -3.89. The fourth-order valence-corrected chi connectivity index (χ4v) is 8.25. The van der Waals surface area contributed by atoms with Crippen LogP contribution >= 0.6 is 0 Å². The second-order valence-electron chi connectivity index (χ2n) is 18.1. The molecule has 14 nitrogen and oxygen atoms in total. The standard InChI is InChI=1S/C44H74F2N6O8/c1-16-27(6)38(51(13)42(56)36(25(2)3)49-41(55)37(26(4)5)50(11)12)34(58-14)23-35(53)52-24-29(48-43(57)60-44(8,9)10)22-33(52)39(59-15)28(7)40(54)47-21-20-30-31(45)18-17-19-32(30)46/h17-19,25-29,33-34,36-39H,16,20-24H2,1-15H3,(H,47,54)(H,48,57)(H,49,55)/t27-,28+,29-,33-,34+,36-,37-,38-,39+/m0/s1. The van der Waals surface area contributed by atoms with Crippen LogP contribution in [0.15, 0.2) is 18.2 Å². The van der Waals surface area contributed by atoms with Crippen molar-refractivity contribution in [2.75, 3.05) is 48.5 Å². The molecule has 0 radical (unpaired) electrons. The Morgan fingerprint density at radius 2 is 1.52 bits per heavy atom. The van der Waals surface area contributed by atoms with Crippen LogP contribution in [-0.2, 0) is 39.8 Å². The van der Waals surface area contributed by atoms with Crippen molar-refractivity contribution in [1.82, 2.24) is 30.7 Å². The van der Waals surface area contributed by atoms with Crippen molar-refractivity contribution < 1.29 is 47.0 Å². The summed E-state index contributed by atoms with van der Waals surface area (Å²) in [6, 6.07) is 0.455. The van der Waals surface area contributed by atoms with Crippen LogP contribution in [0.1, 0.15) is 94.1 Å². The average molecular weight is 853 g/mol. The number of alkyl carbamates (subject to hydrolysis) is 1. The van der Waals surface area contributed by atoms with Crippen molar-refractivity contribution in [3.8, 4) is 0 Å². The number of ether oxygens (including phenoxy) is 3. The maximum absolute atomic E-state index is 14.6. The van der Waals surface area contributed by atoms with Crippen molar-refractivity contribution in [1.29, 1.82) is 0 Å². The zero-order chi connectivity index (χ0) is 45.8. The van der Waals surface area contributed by atoms with E-state index in [1.54, 1.807) is 44.5 Å². The number of halogens is 2. The topological polar surface area (TPSA) is 159 Å². The van der Waals surface area contributed by atoms with Gasteiger partial charge in [0.1, 0.15) is 23.3 Å². The number of benzene rings is 1. The van der Waals surface area contributed by atoms with Crippen LogP contribution in [0.2, 0.25) is 0 Å². The van der Waals surface area contributed by atoms with E-state index >= 15 is 0 Å². The highest BCUT2D eigenvalue weighted by molar-refractivity contribution is 5.90. The summed E-state index contributed by atoms with van der Waals surface area (Å²) in [5, 5.41) is 8.62.